The highest BCUT2D eigenvalue weighted by Crippen LogP contribution is 2.25. The third-order valence-electron chi connectivity index (χ3n) is 3.70. The quantitative estimate of drug-likeness (QED) is 0.683. The molecule has 3 rings (SSSR count). The molecule has 1 aromatic carbocycles. The molecule has 25 heavy (non-hydrogen) atoms. The van der Waals surface area contributed by atoms with Crippen molar-refractivity contribution in [2.75, 3.05) is 0 Å². The maximum atomic E-state index is 12.3. The van der Waals surface area contributed by atoms with Crippen molar-refractivity contribution in [2.24, 2.45) is 0 Å². The van der Waals surface area contributed by atoms with Gasteiger partial charge in [-0.05, 0) is 60.5 Å². The van der Waals surface area contributed by atoms with Gasteiger partial charge in [-0.1, -0.05) is 23.9 Å². The Morgan fingerprint density at radius 2 is 2.20 bits per heavy atom. The number of hydrogen-bond acceptors (Lipinski definition) is 6. The minimum atomic E-state index is -0.343. The summed E-state index contributed by atoms with van der Waals surface area (Å²) in [6.07, 6.45) is 1.58. The predicted octanol–water partition coefficient (Wildman–Crippen LogP) is 2.67. The number of aromatic nitrogens is 4. The molecule has 1 amide bonds. The molecule has 3 aromatic rings. The zero-order valence-electron chi connectivity index (χ0n) is 14.3. The summed E-state index contributed by atoms with van der Waals surface area (Å²) in [5.41, 5.74) is 3.10. The minimum Gasteiger partial charge on any atom is -0.467 e. The summed E-state index contributed by atoms with van der Waals surface area (Å²) in [5.74, 6) is 0.614. The second kappa shape index (κ2) is 7.52. The Morgan fingerprint density at radius 3 is 2.96 bits per heavy atom. The number of benzene rings is 1. The molecule has 1 atom stereocenters. The molecule has 0 spiro atoms. The lowest BCUT2D eigenvalue weighted by molar-refractivity contribution is -0.120. The minimum absolute atomic E-state index is 0.100. The van der Waals surface area contributed by atoms with Gasteiger partial charge in [-0.25, -0.2) is 0 Å². The molecular weight excluding hydrogens is 338 g/mol. The molecule has 8 heteroatoms. The summed E-state index contributed by atoms with van der Waals surface area (Å²) in [6.45, 7) is 6.21. The van der Waals surface area contributed by atoms with Gasteiger partial charge in [0.05, 0.1) is 23.7 Å². The molecular formula is C17H19N5O2S. The van der Waals surface area contributed by atoms with Crippen LogP contribution in [0.15, 0.2) is 46.2 Å². The summed E-state index contributed by atoms with van der Waals surface area (Å²) in [6, 6.07) is 9.70. The largest absolute Gasteiger partial charge is 0.467 e. The van der Waals surface area contributed by atoms with Crippen molar-refractivity contribution in [3.8, 4) is 5.69 Å². The van der Waals surface area contributed by atoms with E-state index in [0.717, 1.165) is 16.8 Å². The van der Waals surface area contributed by atoms with E-state index >= 15 is 0 Å². The zero-order valence-corrected chi connectivity index (χ0v) is 15.1. The maximum Gasteiger partial charge on any atom is 0.233 e. The van der Waals surface area contributed by atoms with E-state index in [0.29, 0.717) is 17.5 Å². The van der Waals surface area contributed by atoms with Crippen LogP contribution in [0.4, 0.5) is 0 Å². The van der Waals surface area contributed by atoms with E-state index in [1.807, 2.05) is 45.0 Å². The SMILES string of the molecule is Cc1ccc(C)c(-n2nnnc2SC(C)C(=O)NCc2ccco2)c1. The number of amides is 1. The predicted molar refractivity (Wildman–Crippen MR) is 94.5 cm³/mol. The molecule has 1 unspecified atom stereocenters. The van der Waals surface area contributed by atoms with Crippen LogP contribution in [0.25, 0.3) is 5.69 Å². The first-order valence-corrected chi connectivity index (χ1v) is 8.75. The lowest BCUT2D eigenvalue weighted by atomic mass is 10.1. The van der Waals surface area contributed by atoms with Gasteiger partial charge in [0.2, 0.25) is 11.1 Å². The molecule has 0 bridgehead atoms. The van der Waals surface area contributed by atoms with Crippen molar-refractivity contribution in [3.63, 3.8) is 0 Å². The molecule has 0 aliphatic heterocycles. The zero-order chi connectivity index (χ0) is 17.8. The number of carbonyl (C=O) groups is 1. The lowest BCUT2D eigenvalue weighted by Crippen LogP contribution is -2.30. The molecule has 2 aromatic heterocycles. The van der Waals surface area contributed by atoms with Crippen molar-refractivity contribution in [3.05, 3.63) is 53.5 Å². The van der Waals surface area contributed by atoms with Gasteiger partial charge in [-0.2, -0.15) is 4.68 Å². The number of carbonyl (C=O) groups excluding carboxylic acids is 1. The number of nitrogens with zero attached hydrogens (tertiary/aromatic N) is 4. The fourth-order valence-corrected chi connectivity index (χ4v) is 3.12. The first kappa shape index (κ1) is 17.2. The summed E-state index contributed by atoms with van der Waals surface area (Å²) < 4.78 is 6.88. The number of nitrogens with one attached hydrogen (secondary N) is 1. The molecule has 0 aliphatic rings. The highest BCUT2D eigenvalue weighted by molar-refractivity contribution is 8.00. The van der Waals surface area contributed by atoms with Gasteiger partial charge in [-0.15, -0.1) is 5.10 Å². The topological polar surface area (TPSA) is 85.8 Å². The fourth-order valence-electron chi connectivity index (χ4n) is 2.29. The molecule has 0 aliphatic carbocycles. The molecule has 0 saturated carbocycles. The van der Waals surface area contributed by atoms with Crippen LogP contribution in [-0.2, 0) is 11.3 Å². The monoisotopic (exact) mass is 357 g/mol. The van der Waals surface area contributed by atoms with E-state index in [2.05, 4.69) is 20.8 Å². The Balaban J connectivity index is 1.70. The van der Waals surface area contributed by atoms with Gasteiger partial charge in [0.1, 0.15) is 5.76 Å². The molecule has 1 N–H and O–H groups in total. The van der Waals surface area contributed by atoms with Gasteiger partial charge in [-0.3, -0.25) is 4.79 Å². The highest BCUT2D eigenvalue weighted by Gasteiger charge is 2.20. The van der Waals surface area contributed by atoms with Crippen LogP contribution >= 0.6 is 11.8 Å². The van der Waals surface area contributed by atoms with Crippen LogP contribution < -0.4 is 5.32 Å². The average Bonchev–Trinajstić information content (AvgIpc) is 3.26. The second-order valence-electron chi connectivity index (χ2n) is 5.72. The number of furan rings is 1. The second-order valence-corrected chi connectivity index (χ2v) is 7.03. The van der Waals surface area contributed by atoms with E-state index in [9.17, 15) is 4.79 Å². The first-order chi connectivity index (χ1) is 12.0. The summed E-state index contributed by atoms with van der Waals surface area (Å²) in [7, 11) is 0. The van der Waals surface area contributed by atoms with E-state index in [-0.39, 0.29) is 11.2 Å². The summed E-state index contributed by atoms with van der Waals surface area (Å²) in [4.78, 5) is 12.3. The van der Waals surface area contributed by atoms with E-state index in [4.69, 9.17) is 4.42 Å². The van der Waals surface area contributed by atoms with Crippen LogP contribution in [0.5, 0.6) is 0 Å². The van der Waals surface area contributed by atoms with Gasteiger partial charge < -0.3 is 9.73 Å². The van der Waals surface area contributed by atoms with E-state index in [1.54, 1.807) is 17.0 Å². The van der Waals surface area contributed by atoms with Gasteiger partial charge in [0.25, 0.3) is 0 Å². The number of aryl methyl sites for hydroxylation is 2. The Labute approximate surface area is 149 Å². The smallest absolute Gasteiger partial charge is 0.233 e. The maximum absolute atomic E-state index is 12.3. The molecule has 0 saturated heterocycles. The highest BCUT2D eigenvalue weighted by atomic mass is 32.2. The molecule has 2 heterocycles. The third-order valence-corrected chi connectivity index (χ3v) is 4.74. The molecule has 7 nitrogen and oxygen atoms in total. The Bertz CT molecular complexity index is 860. The normalized spacial score (nSPS) is 12.1. The van der Waals surface area contributed by atoms with Crippen LogP contribution in [-0.4, -0.2) is 31.4 Å². The van der Waals surface area contributed by atoms with Crippen molar-refractivity contribution in [1.29, 1.82) is 0 Å². The van der Waals surface area contributed by atoms with Gasteiger partial charge in [0.15, 0.2) is 0 Å². The van der Waals surface area contributed by atoms with Gasteiger partial charge in [0, 0.05) is 0 Å². The Morgan fingerprint density at radius 1 is 1.36 bits per heavy atom. The molecule has 0 fully saturated rings. The first-order valence-electron chi connectivity index (χ1n) is 7.87. The van der Waals surface area contributed by atoms with Gasteiger partial charge >= 0.3 is 0 Å². The van der Waals surface area contributed by atoms with Crippen LogP contribution in [0.3, 0.4) is 0 Å². The number of rotatable bonds is 6. The van der Waals surface area contributed by atoms with Crippen LogP contribution in [0, 0.1) is 13.8 Å². The van der Waals surface area contributed by atoms with Crippen molar-refractivity contribution in [1.82, 2.24) is 25.5 Å². The standard InChI is InChI=1S/C17H19N5O2S/c1-11-6-7-12(2)15(9-11)22-17(19-20-21-22)25-13(3)16(23)18-10-14-5-4-8-24-14/h4-9,13H,10H2,1-3H3,(H,18,23). The summed E-state index contributed by atoms with van der Waals surface area (Å²) in [5, 5.41) is 15.0. The van der Waals surface area contributed by atoms with Crippen LogP contribution in [0.2, 0.25) is 0 Å². The molecule has 0 radical (unpaired) electrons. The third kappa shape index (κ3) is 4.08. The number of hydrogen-bond donors (Lipinski definition) is 1. The summed E-state index contributed by atoms with van der Waals surface area (Å²) >= 11 is 1.32. The van der Waals surface area contributed by atoms with Crippen molar-refractivity contribution < 1.29 is 9.21 Å². The number of tetrazole rings is 1. The van der Waals surface area contributed by atoms with E-state index < -0.39 is 0 Å². The fraction of sp³-hybridized carbons (Fsp3) is 0.294. The average molecular weight is 357 g/mol. The molecule has 130 valence electrons. The van der Waals surface area contributed by atoms with Crippen molar-refractivity contribution >= 4 is 17.7 Å². The lowest BCUT2D eigenvalue weighted by Gasteiger charge is -2.12. The number of thioether (sulfide) groups is 1. The van der Waals surface area contributed by atoms with Crippen LogP contribution in [0.1, 0.15) is 23.8 Å². The Kier molecular flexibility index (Phi) is 5.18. The van der Waals surface area contributed by atoms with Crippen molar-refractivity contribution in [2.45, 2.75) is 37.7 Å². The Hall–Kier alpha value is -2.61. The van der Waals surface area contributed by atoms with E-state index in [1.165, 1.54) is 11.8 Å².